The second kappa shape index (κ2) is 5.60. The minimum Gasteiger partial charge on any atom is -0.326 e. The van der Waals surface area contributed by atoms with E-state index in [1.807, 2.05) is 0 Å². The highest BCUT2D eigenvalue weighted by atomic mass is 16.2. The molecule has 1 saturated carbocycles. The lowest BCUT2D eigenvalue weighted by Gasteiger charge is -2.26. The molecule has 1 aliphatic heterocycles. The molecule has 1 amide bonds. The third-order valence-corrected chi connectivity index (χ3v) is 4.36. The summed E-state index contributed by atoms with van der Waals surface area (Å²) in [5.41, 5.74) is 0. The molecule has 2 rings (SSSR count). The van der Waals surface area contributed by atoms with Crippen LogP contribution in [0.3, 0.4) is 0 Å². The van der Waals surface area contributed by atoms with Crippen LogP contribution in [0.15, 0.2) is 0 Å². The first-order valence-electron chi connectivity index (χ1n) is 7.59. The first-order chi connectivity index (χ1) is 8.52. The first kappa shape index (κ1) is 13.9. The molecular weight excluding hydrogens is 224 g/mol. The van der Waals surface area contributed by atoms with E-state index in [4.69, 9.17) is 0 Å². The number of hydrogen-bond acceptors (Lipinski definition) is 2. The number of amides is 1. The molecular formula is C15H28N2O. The van der Waals surface area contributed by atoms with Gasteiger partial charge in [-0.3, -0.25) is 10.1 Å². The average molecular weight is 252 g/mol. The van der Waals surface area contributed by atoms with Crippen LogP contribution < -0.4 is 5.32 Å². The molecule has 1 aliphatic carbocycles. The van der Waals surface area contributed by atoms with Crippen LogP contribution in [-0.4, -0.2) is 29.6 Å². The molecule has 104 valence electrons. The maximum absolute atomic E-state index is 12.5. The van der Waals surface area contributed by atoms with E-state index in [-0.39, 0.29) is 12.2 Å². The van der Waals surface area contributed by atoms with Crippen LogP contribution in [0.4, 0.5) is 0 Å². The SMILES string of the molecule is CCC1NC(CC(C)C)C(=O)N1CC(C)C1CC1. The zero-order chi connectivity index (χ0) is 13.3. The van der Waals surface area contributed by atoms with Crippen molar-refractivity contribution in [2.24, 2.45) is 17.8 Å². The lowest BCUT2D eigenvalue weighted by molar-refractivity contribution is -0.131. The molecule has 0 aromatic carbocycles. The van der Waals surface area contributed by atoms with E-state index in [2.05, 4.69) is 37.9 Å². The number of carbonyl (C=O) groups excluding carboxylic acids is 1. The van der Waals surface area contributed by atoms with Crippen molar-refractivity contribution in [3.05, 3.63) is 0 Å². The smallest absolute Gasteiger partial charge is 0.241 e. The third-order valence-electron chi connectivity index (χ3n) is 4.36. The summed E-state index contributed by atoms with van der Waals surface area (Å²) in [6.45, 7) is 9.78. The van der Waals surface area contributed by atoms with Crippen molar-refractivity contribution < 1.29 is 4.79 Å². The first-order valence-corrected chi connectivity index (χ1v) is 7.59. The molecule has 18 heavy (non-hydrogen) atoms. The van der Waals surface area contributed by atoms with Crippen molar-refractivity contribution in [2.45, 2.75) is 65.6 Å². The predicted octanol–water partition coefficient (Wildman–Crippen LogP) is 2.62. The van der Waals surface area contributed by atoms with Crippen molar-refractivity contribution in [3.63, 3.8) is 0 Å². The van der Waals surface area contributed by atoms with E-state index in [0.29, 0.717) is 17.7 Å². The van der Waals surface area contributed by atoms with E-state index < -0.39 is 0 Å². The van der Waals surface area contributed by atoms with Crippen molar-refractivity contribution in [2.75, 3.05) is 6.54 Å². The summed E-state index contributed by atoms with van der Waals surface area (Å²) < 4.78 is 0. The van der Waals surface area contributed by atoms with Crippen LogP contribution >= 0.6 is 0 Å². The summed E-state index contributed by atoms with van der Waals surface area (Å²) in [6, 6.07) is 0.0568. The number of carbonyl (C=O) groups is 1. The quantitative estimate of drug-likeness (QED) is 0.788. The Kier molecular flexibility index (Phi) is 4.31. The summed E-state index contributed by atoms with van der Waals surface area (Å²) in [4.78, 5) is 14.6. The van der Waals surface area contributed by atoms with Crippen LogP contribution in [0, 0.1) is 17.8 Å². The van der Waals surface area contributed by atoms with Gasteiger partial charge in [-0.25, -0.2) is 0 Å². The summed E-state index contributed by atoms with van der Waals surface area (Å²) in [5, 5.41) is 3.51. The maximum atomic E-state index is 12.5. The highest BCUT2D eigenvalue weighted by Crippen LogP contribution is 2.37. The lowest BCUT2D eigenvalue weighted by atomic mass is 10.0. The minimum absolute atomic E-state index is 0.0568. The summed E-state index contributed by atoms with van der Waals surface area (Å²) in [5.74, 6) is 2.45. The molecule has 3 nitrogen and oxygen atoms in total. The monoisotopic (exact) mass is 252 g/mol. The normalized spacial score (nSPS) is 30.3. The number of nitrogens with one attached hydrogen (secondary N) is 1. The number of nitrogens with zero attached hydrogens (tertiary/aromatic N) is 1. The summed E-state index contributed by atoms with van der Waals surface area (Å²) in [7, 11) is 0. The van der Waals surface area contributed by atoms with Crippen LogP contribution in [0.1, 0.15) is 53.4 Å². The summed E-state index contributed by atoms with van der Waals surface area (Å²) >= 11 is 0. The highest BCUT2D eigenvalue weighted by molar-refractivity contribution is 5.84. The predicted molar refractivity (Wildman–Crippen MR) is 74.1 cm³/mol. The Balaban J connectivity index is 1.95. The van der Waals surface area contributed by atoms with Crippen LogP contribution in [-0.2, 0) is 4.79 Å². The molecule has 0 radical (unpaired) electrons. The van der Waals surface area contributed by atoms with Gasteiger partial charge < -0.3 is 4.90 Å². The van der Waals surface area contributed by atoms with Crippen molar-refractivity contribution in [1.29, 1.82) is 0 Å². The molecule has 2 aliphatic rings. The van der Waals surface area contributed by atoms with E-state index in [1.54, 1.807) is 0 Å². The van der Waals surface area contributed by atoms with Crippen molar-refractivity contribution in [1.82, 2.24) is 10.2 Å². The van der Waals surface area contributed by atoms with Gasteiger partial charge in [0, 0.05) is 6.54 Å². The van der Waals surface area contributed by atoms with Gasteiger partial charge in [0.05, 0.1) is 12.2 Å². The molecule has 3 unspecified atom stereocenters. The Morgan fingerprint density at radius 3 is 2.50 bits per heavy atom. The van der Waals surface area contributed by atoms with Gasteiger partial charge in [-0.2, -0.15) is 0 Å². The molecule has 3 heteroatoms. The fourth-order valence-electron chi connectivity index (χ4n) is 3.07. The summed E-state index contributed by atoms with van der Waals surface area (Å²) in [6.07, 6.45) is 4.97. The van der Waals surface area contributed by atoms with Gasteiger partial charge in [-0.15, -0.1) is 0 Å². The zero-order valence-electron chi connectivity index (χ0n) is 12.3. The highest BCUT2D eigenvalue weighted by Gasteiger charge is 2.40. The van der Waals surface area contributed by atoms with E-state index in [9.17, 15) is 4.79 Å². The molecule has 1 saturated heterocycles. The van der Waals surface area contributed by atoms with Crippen LogP contribution in [0.2, 0.25) is 0 Å². The Labute approximate surface area is 111 Å². The van der Waals surface area contributed by atoms with Crippen LogP contribution in [0.5, 0.6) is 0 Å². The average Bonchev–Trinajstić information content (AvgIpc) is 3.10. The Hall–Kier alpha value is -0.570. The number of hydrogen-bond donors (Lipinski definition) is 1. The van der Waals surface area contributed by atoms with Gasteiger partial charge in [0.15, 0.2) is 0 Å². The molecule has 0 aromatic rings. The van der Waals surface area contributed by atoms with Gasteiger partial charge in [-0.1, -0.05) is 27.7 Å². The van der Waals surface area contributed by atoms with E-state index in [1.165, 1.54) is 12.8 Å². The van der Waals surface area contributed by atoms with Crippen LogP contribution in [0.25, 0.3) is 0 Å². The van der Waals surface area contributed by atoms with E-state index >= 15 is 0 Å². The molecule has 3 atom stereocenters. The topological polar surface area (TPSA) is 32.3 Å². The van der Waals surface area contributed by atoms with Gasteiger partial charge in [-0.05, 0) is 43.4 Å². The second-order valence-corrected chi connectivity index (χ2v) is 6.58. The standard InChI is InChI=1S/C15H28N2O/c1-5-14-16-13(8-10(2)3)15(18)17(14)9-11(4)12-6-7-12/h10-14,16H,5-9H2,1-4H3. The minimum atomic E-state index is 0.0568. The largest absolute Gasteiger partial charge is 0.326 e. The van der Waals surface area contributed by atoms with Gasteiger partial charge in [0.25, 0.3) is 0 Å². The Bertz CT molecular complexity index is 299. The molecule has 2 fully saturated rings. The fourth-order valence-corrected chi connectivity index (χ4v) is 3.07. The molecule has 0 spiro atoms. The van der Waals surface area contributed by atoms with Gasteiger partial charge in [0.1, 0.15) is 0 Å². The Morgan fingerprint density at radius 1 is 1.33 bits per heavy atom. The third kappa shape index (κ3) is 3.05. The molecule has 0 aromatic heterocycles. The number of rotatable bonds is 6. The second-order valence-electron chi connectivity index (χ2n) is 6.58. The molecule has 1 N–H and O–H groups in total. The van der Waals surface area contributed by atoms with Gasteiger partial charge >= 0.3 is 0 Å². The Morgan fingerprint density at radius 2 is 2.00 bits per heavy atom. The van der Waals surface area contributed by atoms with E-state index in [0.717, 1.165) is 25.3 Å². The van der Waals surface area contributed by atoms with Gasteiger partial charge in [0.2, 0.25) is 5.91 Å². The fraction of sp³-hybridized carbons (Fsp3) is 0.933. The van der Waals surface area contributed by atoms with Crippen molar-refractivity contribution in [3.8, 4) is 0 Å². The van der Waals surface area contributed by atoms with Crippen molar-refractivity contribution >= 4 is 5.91 Å². The molecule has 0 bridgehead atoms. The maximum Gasteiger partial charge on any atom is 0.241 e. The lowest BCUT2D eigenvalue weighted by Crippen LogP contribution is -2.39. The molecule has 1 heterocycles. The zero-order valence-corrected chi connectivity index (χ0v) is 12.3.